The highest BCUT2D eigenvalue weighted by molar-refractivity contribution is 6.30. The van der Waals surface area contributed by atoms with Gasteiger partial charge in [0.05, 0.1) is 0 Å². The molecule has 0 radical (unpaired) electrons. The minimum absolute atomic E-state index is 0.123. The van der Waals surface area contributed by atoms with Gasteiger partial charge in [0.2, 0.25) is 0 Å². The molecule has 0 unspecified atom stereocenters. The lowest BCUT2D eigenvalue weighted by atomic mass is 10.1. The summed E-state index contributed by atoms with van der Waals surface area (Å²) in [7, 11) is 0. The number of fused-ring (bicyclic) bond motifs is 1. The molecule has 0 saturated heterocycles. The minimum Gasteiger partial charge on any atom is -0.481 e. The predicted octanol–water partition coefficient (Wildman–Crippen LogP) is 4.62. The van der Waals surface area contributed by atoms with E-state index in [0.717, 1.165) is 22.8 Å². The van der Waals surface area contributed by atoms with Gasteiger partial charge in [-0.05, 0) is 53.9 Å². The van der Waals surface area contributed by atoms with Crippen LogP contribution in [0.5, 0.6) is 5.75 Å². The zero-order chi connectivity index (χ0) is 17.6. The predicted molar refractivity (Wildman–Crippen MR) is 102 cm³/mol. The van der Waals surface area contributed by atoms with Crippen molar-refractivity contribution in [1.82, 2.24) is 5.32 Å². The number of amides is 1. The summed E-state index contributed by atoms with van der Waals surface area (Å²) in [5.74, 6) is 0.571. The highest BCUT2D eigenvalue weighted by Crippen LogP contribution is 2.21. The number of rotatable bonds is 6. The molecule has 3 rings (SSSR count). The topological polar surface area (TPSA) is 38.3 Å². The van der Waals surface area contributed by atoms with Crippen molar-refractivity contribution < 1.29 is 9.53 Å². The maximum atomic E-state index is 12.2. The third-order valence-electron chi connectivity index (χ3n) is 4.03. The summed E-state index contributed by atoms with van der Waals surface area (Å²) in [4.78, 5) is 12.2. The van der Waals surface area contributed by atoms with E-state index in [-0.39, 0.29) is 5.91 Å². The zero-order valence-electron chi connectivity index (χ0n) is 14.0. The molecule has 0 aromatic heterocycles. The Kier molecular flexibility index (Phi) is 5.56. The van der Waals surface area contributed by atoms with Crippen molar-refractivity contribution in [2.24, 2.45) is 0 Å². The molecule has 0 aliphatic carbocycles. The van der Waals surface area contributed by atoms with Gasteiger partial charge in [-0.15, -0.1) is 0 Å². The largest absolute Gasteiger partial charge is 0.481 e. The molecule has 0 aliphatic heterocycles. The summed E-state index contributed by atoms with van der Waals surface area (Å²) in [6.45, 7) is 2.32. The van der Waals surface area contributed by atoms with Crippen LogP contribution in [0.2, 0.25) is 5.02 Å². The summed E-state index contributed by atoms with van der Waals surface area (Å²) < 4.78 is 5.77. The van der Waals surface area contributed by atoms with Gasteiger partial charge >= 0.3 is 0 Å². The first-order chi connectivity index (χ1) is 12.1. The first kappa shape index (κ1) is 17.3. The van der Waals surface area contributed by atoms with Crippen LogP contribution in [0.1, 0.15) is 12.5 Å². The Hall–Kier alpha value is -2.52. The van der Waals surface area contributed by atoms with Crippen LogP contribution in [0.15, 0.2) is 66.7 Å². The second kappa shape index (κ2) is 8.04. The Labute approximate surface area is 152 Å². The van der Waals surface area contributed by atoms with Crippen LogP contribution in [-0.2, 0) is 11.2 Å². The smallest absolute Gasteiger partial charge is 0.260 e. The molecule has 3 aromatic rings. The fourth-order valence-corrected chi connectivity index (χ4v) is 2.75. The maximum absolute atomic E-state index is 12.2. The normalized spacial score (nSPS) is 11.9. The van der Waals surface area contributed by atoms with E-state index in [1.807, 2.05) is 66.7 Å². The molecule has 0 saturated carbocycles. The van der Waals surface area contributed by atoms with Crippen LogP contribution in [0.25, 0.3) is 10.8 Å². The van der Waals surface area contributed by atoms with E-state index in [1.54, 1.807) is 6.92 Å². The average molecular weight is 354 g/mol. The van der Waals surface area contributed by atoms with Crippen LogP contribution < -0.4 is 10.1 Å². The molecular formula is C21H20ClNO2. The molecule has 3 aromatic carbocycles. The van der Waals surface area contributed by atoms with E-state index in [9.17, 15) is 4.79 Å². The van der Waals surface area contributed by atoms with Gasteiger partial charge in [-0.25, -0.2) is 0 Å². The van der Waals surface area contributed by atoms with E-state index < -0.39 is 6.10 Å². The van der Waals surface area contributed by atoms with Crippen LogP contribution in [-0.4, -0.2) is 18.6 Å². The molecule has 1 N–H and O–H groups in total. The summed E-state index contributed by atoms with van der Waals surface area (Å²) >= 11 is 5.86. The van der Waals surface area contributed by atoms with Gasteiger partial charge in [0.25, 0.3) is 5.91 Å². The molecule has 25 heavy (non-hydrogen) atoms. The third kappa shape index (κ3) is 4.74. The lowest BCUT2D eigenvalue weighted by Gasteiger charge is -2.15. The number of nitrogens with one attached hydrogen (secondary N) is 1. The fraction of sp³-hybridized carbons (Fsp3) is 0.190. The molecule has 0 bridgehead atoms. The summed E-state index contributed by atoms with van der Waals surface area (Å²) in [5.41, 5.74) is 1.13. The monoisotopic (exact) mass is 353 g/mol. The van der Waals surface area contributed by atoms with Crippen LogP contribution in [0.4, 0.5) is 0 Å². The molecule has 128 valence electrons. The van der Waals surface area contributed by atoms with Gasteiger partial charge in [-0.2, -0.15) is 0 Å². The second-order valence-electron chi connectivity index (χ2n) is 5.94. The molecule has 1 atom stereocenters. The molecule has 0 heterocycles. The van der Waals surface area contributed by atoms with E-state index in [4.69, 9.17) is 16.3 Å². The number of hydrogen-bond donors (Lipinski definition) is 1. The van der Waals surface area contributed by atoms with Crippen molar-refractivity contribution in [3.63, 3.8) is 0 Å². The van der Waals surface area contributed by atoms with E-state index in [0.29, 0.717) is 17.3 Å². The Morgan fingerprint density at radius 1 is 1.04 bits per heavy atom. The number of benzene rings is 3. The summed E-state index contributed by atoms with van der Waals surface area (Å²) in [6, 6.07) is 21.5. The fourth-order valence-electron chi connectivity index (χ4n) is 2.62. The number of halogens is 1. The Morgan fingerprint density at radius 3 is 2.52 bits per heavy atom. The van der Waals surface area contributed by atoms with Gasteiger partial charge in [0, 0.05) is 11.6 Å². The first-order valence-corrected chi connectivity index (χ1v) is 8.67. The molecule has 4 heteroatoms. The standard InChI is InChI=1S/C21H20ClNO2/c1-15(21(24)23-13-12-16-6-9-19(22)10-7-16)25-20-11-8-17-4-2-3-5-18(17)14-20/h2-11,14-15H,12-13H2,1H3,(H,23,24)/t15-/m1/s1. The van der Waals surface area contributed by atoms with Crippen molar-refractivity contribution in [3.8, 4) is 5.75 Å². The lowest BCUT2D eigenvalue weighted by molar-refractivity contribution is -0.127. The molecule has 1 amide bonds. The molecular weight excluding hydrogens is 334 g/mol. The van der Waals surface area contributed by atoms with E-state index in [1.165, 1.54) is 0 Å². The number of hydrogen-bond acceptors (Lipinski definition) is 2. The highest BCUT2D eigenvalue weighted by atomic mass is 35.5. The zero-order valence-corrected chi connectivity index (χ0v) is 14.8. The van der Waals surface area contributed by atoms with E-state index in [2.05, 4.69) is 5.32 Å². The van der Waals surface area contributed by atoms with Gasteiger partial charge < -0.3 is 10.1 Å². The van der Waals surface area contributed by atoms with Crippen molar-refractivity contribution in [1.29, 1.82) is 0 Å². The number of ether oxygens (including phenoxy) is 1. The third-order valence-corrected chi connectivity index (χ3v) is 4.28. The number of carbonyl (C=O) groups excluding carboxylic acids is 1. The lowest BCUT2D eigenvalue weighted by Crippen LogP contribution is -2.37. The van der Waals surface area contributed by atoms with Gasteiger partial charge in [-0.1, -0.05) is 54.1 Å². The van der Waals surface area contributed by atoms with Gasteiger partial charge in [0.1, 0.15) is 5.75 Å². The van der Waals surface area contributed by atoms with Crippen LogP contribution in [0.3, 0.4) is 0 Å². The highest BCUT2D eigenvalue weighted by Gasteiger charge is 2.14. The van der Waals surface area contributed by atoms with Crippen molar-refractivity contribution >= 4 is 28.3 Å². The molecule has 3 nitrogen and oxygen atoms in total. The van der Waals surface area contributed by atoms with E-state index >= 15 is 0 Å². The molecule has 0 aliphatic rings. The maximum Gasteiger partial charge on any atom is 0.260 e. The Bertz CT molecular complexity index is 861. The van der Waals surface area contributed by atoms with Gasteiger partial charge in [0.15, 0.2) is 6.10 Å². The SMILES string of the molecule is C[C@@H](Oc1ccc2ccccc2c1)C(=O)NCCc1ccc(Cl)cc1. The molecule has 0 fully saturated rings. The first-order valence-electron chi connectivity index (χ1n) is 8.29. The average Bonchev–Trinajstić information content (AvgIpc) is 2.63. The second-order valence-corrected chi connectivity index (χ2v) is 6.37. The molecule has 0 spiro atoms. The Balaban J connectivity index is 1.52. The van der Waals surface area contributed by atoms with Gasteiger partial charge in [-0.3, -0.25) is 4.79 Å². The Morgan fingerprint density at radius 2 is 1.76 bits per heavy atom. The number of carbonyl (C=O) groups is 1. The van der Waals surface area contributed by atoms with Crippen LogP contribution >= 0.6 is 11.6 Å². The minimum atomic E-state index is -0.550. The van der Waals surface area contributed by atoms with Crippen LogP contribution in [0, 0.1) is 0 Å². The quantitative estimate of drug-likeness (QED) is 0.702. The summed E-state index contributed by atoms with van der Waals surface area (Å²) in [5, 5.41) is 5.86. The van der Waals surface area contributed by atoms with Crippen molar-refractivity contribution in [2.75, 3.05) is 6.54 Å². The van der Waals surface area contributed by atoms with Crippen molar-refractivity contribution in [2.45, 2.75) is 19.4 Å². The summed E-state index contributed by atoms with van der Waals surface area (Å²) in [6.07, 6.45) is 0.206. The van der Waals surface area contributed by atoms with Crippen molar-refractivity contribution in [3.05, 3.63) is 77.3 Å².